The zero-order valence-electron chi connectivity index (χ0n) is 12.2. The van der Waals surface area contributed by atoms with Gasteiger partial charge in [0.2, 0.25) is 0 Å². The Bertz CT molecular complexity index is 593. The summed E-state index contributed by atoms with van der Waals surface area (Å²) in [4.78, 5) is 2.15. The van der Waals surface area contributed by atoms with E-state index in [1.165, 1.54) is 5.56 Å². The van der Waals surface area contributed by atoms with Crippen molar-refractivity contribution in [1.29, 1.82) is 0 Å². The summed E-state index contributed by atoms with van der Waals surface area (Å²) in [6.07, 6.45) is 0. The van der Waals surface area contributed by atoms with Crippen LogP contribution in [-0.4, -0.2) is 19.0 Å². The molecule has 0 aromatic heterocycles. The van der Waals surface area contributed by atoms with Gasteiger partial charge in [-0.2, -0.15) is 0 Å². The zero-order valence-corrected chi connectivity index (χ0v) is 13.0. The molecule has 0 amide bonds. The number of nitrogens with zero attached hydrogens (tertiary/aromatic N) is 1. The minimum Gasteiger partial charge on any atom is -0.320 e. The number of nitrogens with two attached hydrogens (primary N) is 1. The quantitative estimate of drug-likeness (QED) is 0.928. The average Bonchev–Trinajstić information content (AvgIpc) is 2.41. The van der Waals surface area contributed by atoms with E-state index < -0.39 is 0 Å². The van der Waals surface area contributed by atoms with E-state index in [1.807, 2.05) is 25.1 Å². The molecule has 0 spiro atoms. The van der Waals surface area contributed by atoms with Crippen molar-refractivity contribution in [3.8, 4) is 0 Å². The summed E-state index contributed by atoms with van der Waals surface area (Å²) in [5, 5.41) is 0.766. The van der Waals surface area contributed by atoms with Crippen molar-refractivity contribution in [3.05, 3.63) is 69.7 Å². The van der Waals surface area contributed by atoms with Gasteiger partial charge in [0.15, 0.2) is 0 Å². The van der Waals surface area contributed by atoms with Crippen LogP contribution < -0.4 is 5.73 Å². The van der Waals surface area contributed by atoms with Crippen LogP contribution in [0.4, 0.5) is 0 Å². The summed E-state index contributed by atoms with van der Waals surface area (Å²) in [5.74, 6) is 0. The first kappa shape index (κ1) is 15.0. The highest BCUT2D eigenvalue weighted by molar-refractivity contribution is 6.31. The van der Waals surface area contributed by atoms with Gasteiger partial charge in [0, 0.05) is 11.6 Å². The lowest BCUT2D eigenvalue weighted by molar-refractivity contribution is 0.402. The van der Waals surface area contributed by atoms with Gasteiger partial charge < -0.3 is 10.6 Å². The molecule has 20 heavy (non-hydrogen) atoms. The molecular formula is C17H21ClN2. The van der Waals surface area contributed by atoms with Crippen molar-refractivity contribution in [3.63, 3.8) is 0 Å². The molecule has 0 aliphatic rings. The SMILES string of the molecule is Cc1c(Cl)cccc1C(N)c1cccc(CN(C)C)c1. The molecule has 0 fully saturated rings. The Kier molecular flexibility index (Phi) is 4.81. The second-order valence-corrected chi connectivity index (χ2v) is 5.82. The van der Waals surface area contributed by atoms with Crippen LogP contribution in [0.1, 0.15) is 28.3 Å². The van der Waals surface area contributed by atoms with Crippen molar-refractivity contribution >= 4 is 11.6 Å². The topological polar surface area (TPSA) is 29.3 Å². The van der Waals surface area contributed by atoms with Gasteiger partial charge in [0.25, 0.3) is 0 Å². The molecule has 0 aliphatic carbocycles. The van der Waals surface area contributed by atoms with Crippen LogP contribution in [0.15, 0.2) is 42.5 Å². The highest BCUT2D eigenvalue weighted by atomic mass is 35.5. The molecule has 106 valence electrons. The van der Waals surface area contributed by atoms with E-state index in [0.29, 0.717) is 0 Å². The molecule has 1 atom stereocenters. The molecule has 0 radical (unpaired) electrons. The molecule has 2 aromatic carbocycles. The van der Waals surface area contributed by atoms with Crippen LogP contribution in [0, 0.1) is 6.92 Å². The third kappa shape index (κ3) is 3.40. The van der Waals surface area contributed by atoms with E-state index in [9.17, 15) is 0 Å². The van der Waals surface area contributed by atoms with Crippen LogP contribution in [0.25, 0.3) is 0 Å². The number of hydrogen-bond acceptors (Lipinski definition) is 2. The molecule has 3 heteroatoms. The molecule has 0 saturated carbocycles. The Labute approximate surface area is 126 Å². The first-order chi connectivity index (χ1) is 9.49. The largest absolute Gasteiger partial charge is 0.320 e. The van der Waals surface area contributed by atoms with E-state index in [-0.39, 0.29) is 6.04 Å². The second kappa shape index (κ2) is 6.40. The molecule has 0 bridgehead atoms. The fourth-order valence-corrected chi connectivity index (χ4v) is 2.57. The van der Waals surface area contributed by atoms with Crippen molar-refractivity contribution in [2.24, 2.45) is 5.73 Å². The van der Waals surface area contributed by atoms with Gasteiger partial charge in [-0.15, -0.1) is 0 Å². The smallest absolute Gasteiger partial charge is 0.0554 e. The Hall–Kier alpha value is -1.35. The standard InChI is InChI=1S/C17H21ClN2/c1-12-15(8-5-9-16(12)18)17(19)14-7-4-6-13(10-14)11-20(2)3/h4-10,17H,11,19H2,1-3H3. The zero-order chi connectivity index (χ0) is 14.7. The van der Waals surface area contributed by atoms with Gasteiger partial charge >= 0.3 is 0 Å². The van der Waals surface area contributed by atoms with Gasteiger partial charge in [-0.05, 0) is 49.3 Å². The number of hydrogen-bond donors (Lipinski definition) is 1. The number of halogens is 1. The van der Waals surface area contributed by atoms with Gasteiger partial charge in [-0.1, -0.05) is 48.0 Å². The van der Waals surface area contributed by atoms with E-state index in [2.05, 4.69) is 43.3 Å². The average molecular weight is 289 g/mol. The fourth-order valence-electron chi connectivity index (χ4n) is 2.39. The molecular weight excluding hydrogens is 268 g/mol. The summed E-state index contributed by atoms with van der Waals surface area (Å²) < 4.78 is 0. The van der Waals surface area contributed by atoms with Crippen molar-refractivity contribution in [2.75, 3.05) is 14.1 Å². The minimum atomic E-state index is -0.143. The first-order valence-electron chi connectivity index (χ1n) is 6.73. The maximum absolute atomic E-state index is 6.41. The Morgan fingerprint density at radius 2 is 1.85 bits per heavy atom. The number of rotatable bonds is 4. The molecule has 0 aliphatic heterocycles. The molecule has 2 nitrogen and oxygen atoms in total. The van der Waals surface area contributed by atoms with E-state index >= 15 is 0 Å². The lowest BCUT2D eigenvalue weighted by Crippen LogP contribution is -2.15. The lowest BCUT2D eigenvalue weighted by Gasteiger charge is -2.18. The normalized spacial score (nSPS) is 12.7. The summed E-state index contributed by atoms with van der Waals surface area (Å²) in [6, 6.07) is 14.2. The van der Waals surface area contributed by atoms with Crippen LogP contribution in [0.5, 0.6) is 0 Å². The van der Waals surface area contributed by atoms with Gasteiger partial charge in [-0.25, -0.2) is 0 Å². The maximum atomic E-state index is 6.41. The monoisotopic (exact) mass is 288 g/mol. The van der Waals surface area contributed by atoms with Crippen LogP contribution in [-0.2, 0) is 6.54 Å². The maximum Gasteiger partial charge on any atom is 0.0554 e. The van der Waals surface area contributed by atoms with E-state index in [0.717, 1.165) is 28.3 Å². The van der Waals surface area contributed by atoms with E-state index in [1.54, 1.807) is 0 Å². The molecule has 0 saturated heterocycles. The summed E-state index contributed by atoms with van der Waals surface area (Å²) in [5.41, 5.74) is 10.9. The third-order valence-electron chi connectivity index (χ3n) is 3.45. The lowest BCUT2D eigenvalue weighted by atomic mass is 9.94. The van der Waals surface area contributed by atoms with Crippen molar-refractivity contribution in [1.82, 2.24) is 4.90 Å². The Balaban J connectivity index is 2.33. The Morgan fingerprint density at radius 1 is 1.15 bits per heavy atom. The predicted octanol–water partition coefficient (Wildman–Crippen LogP) is 3.76. The molecule has 0 heterocycles. The molecule has 2 aromatic rings. The highest BCUT2D eigenvalue weighted by Crippen LogP contribution is 2.27. The van der Waals surface area contributed by atoms with Crippen LogP contribution in [0.3, 0.4) is 0 Å². The highest BCUT2D eigenvalue weighted by Gasteiger charge is 2.13. The minimum absolute atomic E-state index is 0.143. The van der Waals surface area contributed by atoms with Gasteiger partial charge in [0.05, 0.1) is 6.04 Å². The van der Waals surface area contributed by atoms with Crippen molar-refractivity contribution < 1.29 is 0 Å². The summed E-state index contributed by atoms with van der Waals surface area (Å²) in [7, 11) is 4.13. The molecule has 2 N–H and O–H groups in total. The van der Waals surface area contributed by atoms with E-state index in [4.69, 9.17) is 17.3 Å². The Morgan fingerprint density at radius 3 is 2.55 bits per heavy atom. The fraction of sp³-hybridized carbons (Fsp3) is 0.294. The van der Waals surface area contributed by atoms with Crippen LogP contribution in [0.2, 0.25) is 5.02 Å². The predicted molar refractivity (Wildman–Crippen MR) is 86.1 cm³/mol. The van der Waals surface area contributed by atoms with Crippen molar-refractivity contribution in [2.45, 2.75) is 19.5 Å². The first-order valence-corrected chi connectivity index (χ1v) is 7.11. The van der Waals surface area contributed by atoms with Gasteiger partial charge in [-0.3, -0.25) is 0 Å². The summed E-state index contributed by atoms with van der Waals surface area (Å²) >= 11 is 6.18. The number of benzene rings is 2. The summed E-state index contributed by atoms with van der Waals surface area (Å²) in [6.45, 7) is 2.93. The third-order valence-corrected chi connectivity index (χ3v) is 3.86. The molecule has 1 unspecified atom stereocenters. The van der Waals surface area contributed by atoms with Crippen LogP contribution >= 0.6 is 11.6 Å². The second-order valence-electron chi connectivity index (χ2n) is 5.41. The van der Waals surface area contributed by atoms with Gasteiger partial charge in [0.1, 0.15) is 0 Å². The molecule has 2 rings (SSSR count).